The van der Waals surface area contributed by atoms with Crippen molar-refractivity contribution in [2.75, 3.05) is 19.6 Å². The molecule has 2 heterocycles. The van der Waals surface area contributed by atoms with E-state index in [1.54, 1.807) is 0 Å². The van der Waals surface area contributed by atoms with E-state index in [4.69, 9.17) is 0 Å². The molecule has 27 heavy (non-hydrogen) atoms. The van der Waals surface area contributed by atoms with Crippen LogP contribution in [0.2, 0.25) is 0 Å². The molecule has 0 spiro atoms. The van der Waals surface area contributed by atoms with Crippen molar-refractivity contribution in [1.29, 1.82) is 0 Å². The Morgan fingerprint density at radius 2 is 1.89 bits per heavy atom. The molecule has 12 heteroatoms. The van der Waals surface area contributed by atoms with Gasteiger partial charge in [-0.3, -0.25) is 15.0 Å². The Morgan fingerprint density at radius 1 is 1.22 bits per heavy atom. The summed E-state index contributed by atoms with van der Waals surface area (Å²) < 4.78 is 75.7. The second kappa shape index (κ2) is 8.01. The van der Waals surface area contributed by atoms with Crippen LogP contribution in [0.15, 0.2) is 28.7 Å². The SMILES string of the molecule is C/C(CC(=O)CC(=O)N1CCN2C(C(F)(F)F)=NN[C@@H]2C1)=C(/F)C=C(F)F. The van der Waals surface area contributed by atoms with E-state index in [1.807, 2.05) is 0 Å². The molecule has 6 nitrogen and oxygen atoms in total. The fraction of sp³-hybridized carbons (Fsp3) is 0.533. The summed E-state index contributed by atoms with van der Waals surface area (Å²) in [5, 5.41) is 3.24. The number of hydrogen-bond acceptors (Lipinski definition) is 5. The van der Waals surface area contributed by atoms with Crippen molar-refractivity contribution in [3.05, 3.63) is 23.6 Å². The molecule has 0 aliphatic carbocycles. The van der Waals surface area contributed by atoms with Crippen molar-refractivity contribution < 1.29 is 35.9 Å². The molecule has 2 aliphatic rings. The van der Waals surface area contributed by atoms with Crippen molar-refractivity contribution in [3.8, 4) is 0 Å². The number of hydrazone groups is 1. The molecular weight excluding hydrogens is 382 g/mol. The second-order valence-electron chi connectivity index (χ2n) is 6.07. The number of nitrogens with one attached hydrogen (secondary N) is 1. The first-order valence-electron chi connectivity index (χ1n) is 7.83. The minimum atomic E-state index is -4.62. The molecule has 0 aromatic carbocycles. The lowest BCUT2D eigenvalue weighted by atomic mass is 10.1. The largest absolute Gasteiger partial charge is 0.451 e. The zero-order valence-corrected chi connectivity index (χ0v) is 14.1. The number of hydrogen-bond donors (Lipinski definition) is 1. The van der Waals surface area contributed by atoms with Crippen LogP contribution in [0.25, 0.3) is 0 Å². The van der Waals surface area contributed by atoms with Gasteiger partial charge in [0.15, 0.2) is 0 Å². The lowest BCUT2D eigenvalue weighted by Gasteiger charge is -2.38. The normalized spacial score (nSPS) is 20.4. The van der Waals surface area contributed by atoms with Gasteiger partial charge in [0.1, 0.15) is 17.8 Å². The summed E-state index contributed by atoms with van der Waals surface area (Å²) in [6.45, 7) is 0.866. The summed E-state index contributed by atoms with van der Waals surface area (Å²) in [6, 6.07) is 0. The maximum atomic E-state index is 13.3. The number of fused-ring (bicyclic) bond motifs is 1. The van der Waals surface area contributed by atoms with Crippen LogP contribution in [0.3, 0.4) is 0 Å². The predicted octanol–water partition coefficient (Wildman–Crippen LogP) is 2.31. The van der Waals surface area contributed by atoms with E-state index in [0.717, 1.165) is 11.8 Å². The lowest BCUT2D eigenvalue weighted by Crippen LogP contribution is -2.59. The topological polar surface area (TPSA) is 65.0 Å². The van der Waals surface area contributed by atoms with Gasteiger partial charge in [-0.25, -0.2) is 4.39 Å². The van der Waals surface area contributed by atoms with E-state index in [2.05, 4.69) is 10.5 Å². The number of carbonyl (C=O) groups excluding carboxylic acids is 2. The van der Waals surface area contributed by atoms with Crippen molar-refractivity contribution in [2.45, 2.75) is 32.1 Å². The molecule has 0 aromatic rings. The van der Waals surface area contributed by atoms with Gasteiger partial charge >= 0.3 is 6.18 Å². The van der Waals surface area contributed by atoms with Crippen LogP contribution in [0.1, 0.15) is 19.8 Å². The van der Waals surface area contributed by atoms with Gasteiger partial charge in [-0.15, -0.1) is 0 Å². The third-order valence-electron chi connectivity index (χ3n) is 4.03. The molecule has 0 radical (unpaired) electrons. The van der Waals surface area contributed by atoms with Gasteiger partial charge in [-0.05, 0) is 12.5 Å². The fourth-order valence-corrected chi connectivity index (χ4v) is 2.74. The van der Waals surface area contributed by atoms with Crippen LogP contribution >= 0.6 is 0 Å². The summed E-state index contributed by atoms with van der Waals surface area (Å²) in [4.78, 5) is 26.2. The number of piperazine rings is 1. The lowest BCUT2D eigenvalue weighted by molar-refractivity contribution is -0.137. The molecule has 1 fully saturated rings. The van der Waals surface area contributed by atoms with Gasteiger partial charge in [-0.1, -0.05) is 0 Å². The number of Topliss-reactive ketones (excluding diaryl/α,β-unsaturated/α-hetero) is 1. The van der Waals surface area contributed by atoms with Crippen LogP contribution in [0.5, 0.6) is 0 Å². The maximum Gasteiger partial charge on any atom is 0.451 e. The first-order valence-corrected chi connectivity index (χ1v) is 7.83. The quantitative estimate of drug-likeness (QED) is 0.439. The Morgan fingerprint density at radius 3 is 2.48 bits per heavy atom. The Hall–Kier alpha value is -2.53. The van der Waals surface area contributed by atoms with Crippen molar-refractivity contribution in [2.24, 2.45) is 5.10 Å². The Balaban J connectivity index is 1.90. The minimum Gasteiger partial charge on any atom is -0.337 e. The number of ketones is 1. The highest BCUT2D eigenvalue weighted by molar-refractivity contribution is 5.99. The number of amides is 1. The minimum absolute atomic E-state index is 0.0202. The molecule has 2 aliphatic heterocycles. The van der Waals surface area contributed by atoms with Crippen LogP contribution in [-0.2, 0) is 9.59 Å². The third kappa shape index (κ3) is 5.23. The zero-order chi connectivity index (χ0) is 20.4. The summed E-state index contributed by atoms with van der Waals surface area (Å²) in [5.41, 5.74) is 2.05. The molecule has 0 aromatic heterocycles. The first kappa shape index (κ1) is 20.8. The summed E-state index contributed by atoms with van der Waals surface area (Å²) in [6.07, 6.45) is -8.88. The van der Waals surface area contributed by atoms with Crippen LogP contribution in [0, 0.1) is 0 Å². The second-order valence-corrected chi connectivity index (χ2v) is 6.07. The van der Waals surface area contributed by atoms with Gasteiger partial charge < -0.3 is 9.80 Å². The molecule has 1 amide bonds. The predicted molar refractivity (Wildman–Crippen MR) is 82.0 cm³/mol. The molecule has 0 unspecified atom stereocenters. The van der Waals surface area contributed by atoms with Crippen molar-refractivity contribution in [3.63, 3.8) is 0 Å². The molecule has 0 bridgehead atoms. The Kier molecular flexibility index (Phi) is 6.16. The number of nitrogens with zero attached hydrogens (tertiary/aromatic N) is 3. The van der Waals surface area contributed by atoms with E-state index in [0.29, 0.717) is 0 Å². The molecule has 1 saturated heterocycles. The number of alkyl halides is 3. The van der Waals surface area contributed by atoms with Crippen LogP contribution in [0.4, 0.5) is 26.3 Å². The highest BCUT2D eigenvalue weighted by atomic mass is 19.4. The average molecular weight is 398 g/mol. The number of rotatable bonds is 5. The summed E-state index contributed by atoms with van der Waals surface area (Å²) >= 11 is 0. The average Bonchev–Trinajstić information content (AvgIpc) is 2.97. The smallest absolute Gasteiger partial charge is 0.337 e. The van der Waals surface area contributed by atoms with Crippen LogP contribution in [-0.4, -0.2) is 59.3 Å². The highest BCUT2D eigenvalue weighted by Gasteiger charge is 2.47. The molecule has 1 atom stereocenters. The summed E-state index contributed by atoms with van der Waals surface area (Å²) in [5.74, 6) is -3.65. The maximum absolute atomic E-state index is 13.3. The summed E-state index contributed by atoms with van der Waals surface area (Å²) in [7, 11) is 0. The van der Waals surface area contributed by atoms with Gasteiger partial charge in [0.2, 0.25) is 11.7 Å². The van der Waals surface area contributed by atoms with Crippen molar-refractivity contribution in [1.82, 2.24) is 15.2 Å². The molecule has 150 valence electrons. The van der Waals surface area contributed by atoms with E-state index in [1.165, 1.54) is 4.90 Å². The first-order chi connectivity index (χ1) is 12.5. The van der Waals surface area contributed by atoms with E-state index in [9.17, 15) is 35.9 Å². The number of allylic oxidation sites excluding steroid dienone is 3. The Bertz CT molecular complexity index is 712. The van der Waals surface area contributed by atoms with Crippen molar-refractivity contribution >= 4 is 17.5 Å². The standard InChI is InChI=1S/C15H16F6N4O2/c1-8(10(16)6-11(17)18)4-9(26)5-13(27)24-2-3-25-12(7-24)22-23-14(25)15(19,20)21/h6,12,22H,2-5,7H2,1H3/b10-8-/t12-/m0/s1. The molecule has 2 rings (SSSR count). The van der Waals surface area contributed by atoms with E-state index in [-0.39, 0.29) is 31.3 Å². The molecule has 0 saturated carbocycles. The zero-order valence-electron chi connectivity index (χ0n) is 14.1. The number of carbonyl (C=O) groups is 2. The van der Waals surface area contributed by atoms with E-state index >= 15 is 0 Å². The Labute approximate surface area is 150 Å². The monoisotopic (exact) mass is 398 g/mol. The van der Waals surface area contributed by atoms with Gasteiger partial charge in [0.25, 0.3) is 6.08 Å². The van der Waals surface area contributed by atoms with Crippen LogP contribution < -0.4 is 5.43 Å². The molecular formula is C15H16F6N4O2. The third-order valence-corrected chi connectivity index (χ3v) is 4.03. The van der Waals surface area contributed by atoms with Gasteiger partial charge in [-0.2, -0.15) is 27.1 Å². The van der Waals surface area contributed by atoms with E-state index < -0.39 is 54.6 Å². The van der Waals surface area contributed by atoms with Gasteiger partial charge in [0.05, 0.1) is 13.0 Å². The van der Waals surface area contributed by atoms with Gasteiger partial charge in [0, 0.05) is 25.6 Å². The number of amidine groups is 1. The number of halogens is 6. The molecule has 1 N–H and O–H groups in total. The fourth-order valence-electron chi connectivity index (χ4n) is 2.74. The highest BCUT2D eigenvalue weighted by Crippen LogP contribution is 2.26.